The molecule has 0 aliphatic heterocycles. The second kappa shape index (κ2) is 10.4. The van der Waals surface area contributed by atoms with Crippen molar-refractivity contribution in [1.82, 2.24) is 4.98 Å². The van der Waals surface area contributed by atoms with Gasteiger partial charge < -0.3 is 14.8 Å². The zero-order chi connectivity index (χ0) is 25.9. The van der Waals surface area contributed by atoms with Gasteiger partial charge in [0.05, 0.1) is 31.0 Å². The van der Waals surface area contributed by atoms with Crippen LogP contribution in [0.1, 0.15) is 20.7 Å². The zero-order valence-corrected chi connectivity index (χ0v) is 21.5. The number of methoxy groups -OCH3 is 2. The van der Waals surface area contributed by atoms with E-state index in [9.17, 15) is 9.59 Å². The molecular formula is C29H21ClN2O4S. The lowest BCUT2D eigenvalue weighted by Crippen LogP contribution is -2.15. The van der Waals surface area contributed by atoms with Gasteiger partial charge in [-0.2, -0.15) is 0 Å². The van der Waals surface area contributed by atoms with E-state index in [4.69, 9.17) is 26.1 Å². The van der Waals surface area contributed by atoms with Gasteiger partial charge in [0, 0.05) is 26.9 Å². The van der Waals surface area contributed by atoms with E-state index in [1.165, 1.54) is 18.4 Å². The van der Waals surface area contributed by atoms with Crippen LogP contribution in [-0.2, 0) is 4.74 Å². The molecule has 0 saturated carbocycles. The molecule has 0 bridgehead atoms. The third-order valence-corrected chi connectivity index (χ3v) is 7.06. The number of fused-ring (bicyclic) bond motifs is 1. The number of benzene rings is 3. The third-order valence-electron chi connectivity index (χ3n) is 5.91. The number of nitrogens with zero attached hydrogens (tertiary/aromatic N) is 1. The number of hydrogen-bond donors (Lipinski definition) is 1. The minimum atomic E-state index is -0.542. The van der Waals surface area contributed by atoms with Gasteiger partial charge in [-0.15, -0.1) is 11.3 Å². The van der Waals surface area contributed by atoms with E-state index in [0.717, 1.165) is 16.9 Å². The van der Waals surface area contributed by atoms with Crippen molar-refractivity contribution >= 4 is 50.7 Å². The molecule has 37 heavy (non-hydrogen) atoms. The van der Waals surface area contributed by atoms with E-state index in [0.29, 0.717) is 37.7 Å². The fourth-order valence-electron chi connectivity index (χ4n) is 4.04. The molecule has 0 aliphatic carbocycles. The fraction of sp³-hybridized carbons (Fsp3) is 0.0690. The van der Waals surface area contributed by atoms with Crippen LogP contribution in [-0.4, -0.2) is 31.1 Å². The number of ether oxygens (including phenoxy) is 2. The van der Waals surface area contributed by atoms with Crippen molar-refractivity contribution in [3.05, 3.63) is 100 Å². The summed E-state index contributed by atoms with van der Waals surface area (Å²) < 4.78 is 10.3. The topological polar surface area (TPSA) is 77.5 Å². The fourth-order valence-corrected chi connectivity index (χ4v) is 5.12. The average Bonchev–Trinajstić information content (AvgIpc) is 3.35. The van der Waals surface area contributed by atoms with E-state index in [1.807, 2.05) is 66.0 Å². The van der Waals surface area contributed by atoms with Gasteiger partial charge in [-0.1, -0.05) is 41.9 Å². The number of aromatic nitrogens is 1. The van der Waals surface area contributed by atoms with Gasteiger partial charge in [0.25, 0.3) is 5.91 Å². The molecule has 1 N–H and O–H groups in total. The van der Waals surface area contributed by atoms with Gasteiger partial charge in [0.1, 0.15) is 16.3 Å². The molecule has 0 aliphatic rings. The molecule has 184 valence electrons. The molecule has 5 rings (SSSR count). The Morgan fingerprint density at radius 1 is 0.919 bits per heavy atom. The van der Waals surface area contributed by atoms with Crippen LogP contribution in [0.3, 0.4) is 0 Å². The molecular weight excluding hydrogens is 508 g/mol. The number of anilines is 1. The third kappa shape index (κ3) is 4.91. The van der Waals surface area contributed by atoms with Gasteiger partial charge >= 0.3 is 5.97 Å². The first-order valence-corrected chi connectivity index (χ1v) is 12.6. The molecule has 0 radical (unpaired) electrons. The number of para-hydroxylation sites is 1. The quantitative estimate of drug-likeness (QED) is 0.233. The number of amides is 1. The van der Waals surface area contributed by atoms with E-state index in [1.54, 1.807) is 25.3 Å². The molecule has 0 atom stereocenters. The first-order valence-electron chi connectivity index (χ1n) is 11.3. The second-order valence-corrected chi connectivity index (χ2v) is 9.42. The van der Waals surface area contributed by atoms with Crippen LogP contribution in [0.5, 0.6) is 5.75 Å². The van der Waals surface area contributed by atoms with Crippen LogP contribution < -0.4 is 10.1 Å². The summed E-state index contributed by atoms with van der Waals surface area (Å²) in [5.74, 6) is -0.171. The maximum atomic E-state index is 13.6. The number of nitrogens with one attached hydrogen (secondary N) is 1. The molecule has 2 aromatic heterocycles. The van der Waals surface area contributed by atoms with Gasteiger partial charge in [-0.3, -0.25) is 4.79 Å². The van der Waals surface area contributed by atoms with Gasteiger partial charge in [-0.05, 0) is 54.1 Å². The average molecular weight is 529 g/mol. The molecule has 0 spiro atoms. The number of pyridine rings is 1. The van der Waals surface area contributed by atoms with Crippen molar-refractivity contribution in [1.29, 1.82) is 0 Å². The maximum absolute atomic E-state index is 13.6. The second-order valence-electron chi connectivity index (χ2n) is 8.11. The van der Waals surface area contributed by atoms with E-state index in [2.05, 4.69) is 5.32 Å². The van der Waals surface area contributed by atoms with Gasteiger partial charge in [0.15, 0.2) is 0 Å². The molecule has 6 nitrogen and oxygen atoms in total. The SMILES string of the molecule is COC(=O)c1c(-c2ccc(Cl)cc2)csc1NC(=O)c1cc(-c2ccc(OC)cc2)nc2ccccc12. The Hall–Kier alpha value is -4.20. The van der Waals surface area contributed by atoms with Crippen molar-refractivity contribution in [2.45, 2.75) is 0 Å². The lowest BCUT2D eigenvalue weighted by atomic mass is 10.0. The highest BCUT2D eigenvalue weighted by Gasteiger charge is 2.24. The molecule has 1 amide bonds. The monoisotopic (exact) mass is 528 g/mol. The van der Waals surface area contributed by atoms with Crippen molar-refractivity contribution in [3.8, 4) is 28.1 Å². The Morgan fingerprint density at radius 2 is 1.62 bits per heavy atom. The Balaban J connectivity index is 1.56. The summed E-state index contributed by atoms with van der Waals surface area (Å²) in [5, 5.41) is 6.44. The highest BCUT2D eigenvalue weighted by Crippen LogP contribution is 2.37. The first-order chi connectivity index (χ1) is 18.0. The normalized spacial score (nSPS) is 10.8. The van der Waals surface area contributed by atoms with Crippen molar-refractivity contribution in [2.75, 3.05) is 19.5 Å². The molecule has 0 saturated heterocycles. The number of carbonyl (C=O) groups excluding carboxylic acids is 2. The Bertz CT molecular complexity index is 1610. The number of esters is 1. The van der Waals surface area contributed by atoms with Crippen molar-refractivity contribution in [2.24, 2.45) is 0 Å². The predicted molar refractivity (Wildman–Crippen MR) is 148 cm³/mol. The molecule has 8 heteroatoms. The largest absolute Gasteiger partial charge is 0.497 e. The lowest BCUT2D eigenvalue weighted by Gasteiger charge is -2.12. The van der Waals surface area contributed by atoms with Crippen LogP contribution in [0, 0.1) is 0 Å². The number of carbonyl (C=O) groups is 2. The Morgan fingerprint density at radius 3 is 2.32 bits per heavy atom. The van der Waals surface area contributed by atoms with Crippen LogP contribution in [0.25, 0.3) is 33.3 Å². The molecule has 5 aromatic rings. The van der Waals surface area contributed by atoms with Crippen LogP contribution in [0.4, 0.5) is 5.00 Å². The molecule has 0 fully saturated rings. The summed E-state index contributed by atoms with van der Waals surface area (Å²) in [5.41, 5.74) is 4.34. The predicted octanol–water partition coefficient (Wildman–Crippen LogP) is 7.33. The van der Waals surface area contributed by atoms with E-state index < -0.39 is 5.97 Å². The number of rotatable bonds is 6. The van der Waals surface area contributed by atoms with Gasteiger partial charge in [0.2, 0.25) is 0 Å². The number of hydrogen-bond acceptors (Lipinski definition) is 6. The van der Waals surface area contributed by atoms with Crippen LogP contribution >= 0.6 is 22.9 Å². The minimum absolute atomic E-state index is 0.289. The Labute approximate surface area is 222 Å². The summed E-state index contributed by atoms with van der Waals surface area (Å²) in [6.07, 6.45) is 0. The van der Waals surface area contributed by atoms with Crippen molar-refractivity contribution < 1.29 is 19.1 Å². The van der Waals surface area contributed by atoms with Crippen LogP contribution in [0.2, 0.25) is 5.02 Å². The highest BCUT2D eigenvalue weighted by molar-refractivity contribution is 7.15. The summed E-state index contributed by atoms with van der Waals surface area (Å²) in [6, 6.07) is 23.8. The Kier molecular flexibility index (Phi) is 6.90. The summed E-state index contributed by atoms with van der Waals surface area (Å²) in [4.78, 5) is 31.2. The summed E-state index contributed by atoms with van der Waals surface area (Å²) >= 11 is 7.29. The minimum Gasteiger partial charge on any atom is -0.497 e. The van der Waals surface area contributed by atoms with Gasteiger partial charge in [-0.25, -0.2) is 9.78 Å². The summed E-state index contributed by atoms with van der Waals surface area (Å²) in [7, 11) is 2.92. The smallest absolute Gasteiger partial charge is 0.341 e. The highest BCUT2D eigenvalue weighted by atomic mass is 35.5. The molecule has 3 aromatic carbocycles. The van der Waals surface area contributed by atoms with Crippen LogP contribution in [0.15, 0.2) is 84.2 Å². The first kappa shape index (κ1) is 24.5. The van der Waals surface area contributed by atoms with E-state index in [-0.39, 0.29) is 11.5 Å². The standard InChI is InChI=1S/C29H21ClN2O4S/c1-35-20-13-9-18(10-14-20)25-15-22(21-5-3-4-6-24(21)31-25)27(33)32-28-26(29(34)36-2)23(16-37-28)17-7-11-19(30)12-8-17/h3-16H,1-2H3,(H,32,33). The number of halogens is 1. The molecule has 2 heterocycles. The maximum Gasteiger partial charge on any atom is 0.341 e. The molecule has 0 unspecified atom stereocenters. The van der Waals surface area contributed by atoms with E-state index >= 15 is 0 Å². The lowest BCUT2D eigenvalue weighted by molar-refractivity contribution is 0.0603. The van der Waals surface area contributed by atoms with Crippen molar-refractivity contribution in [3.63, 3.8) is 0 Å². The zero-order valence-electron chi connectivity index (χ0n) is 19.9. The number of thiophene rings is 1. The summed E-state index contributed by atoms with van der Waals surface area (Å²) in [6.45, 7) is 0.